The van der Waals surface area contributed by atoms with Crippen LogP contribution in [-0.2, 0) is 24.3 Å². The molecule has 1 aromatic heterocycles. The van der Waals surface area contributed by atoms with Gasteiger partial charge in [-0.2, -0.15) is 5.10 Å². The van der Waals surface area contributed by atoms with Crippen LogP contribution in [0, 0.1) is 0 Å². The first kappa shape index (κ1) is 17.0. The van der Waals surface area contributed by atoms with Gasteiger partial charge in [-0.05, 0) is 30.9 Å². The minimum absolute atomic E-state index is 0.206. The Morgan fingerprint density at radius 1 is 1.23 bits per heavy atom. The van der Waals surface area contributed by atoms with Gasteiger partial charge < -0.3 is 10.0 Å². The van der Waals surface area contributed by atoms with Crippen molar-refractivity contribution in [3.05, 3.63) is 65.0 Å². The van der Waals surface area contributed by atoms with E-state index in [0.717, 1.165) is 24.1 Å². The highest BCUT2D eigenvalue weighted by Gasteiger charge is 2.24. The molecule has 5 nitrogen and oxygen atoms in total. The van der Waals surface area contributed by atoms with E-state index in [-0.39, 0.29) is 5.91 Å². The summed E-state index contributed by atoms with van der Waals surface area (Å²) in [5.41, 5.74) is 4.07. The van der Waals surface area contributed by atoms with Crippen molar-refractivity contribution in [2.45, 2.75) is 51.3 Å². The number of carbonyl (C=O) groups excluding carboxylic acids is 1. The van der Waals surface area contributed by atoms with E-state index < -0.39 is 6.10 Å². The molecule has 26 heavy (non-hydrogen) atoms. The van der Waals surface area contributed by atoms with Crippen molar-refractivity contribution < 1.29 is 9.90 Å². The topological polar surface area (TPSA) is 58.4 Å². The van der Waals surface area contributed by atoms with E-state index in [1.807, 2.05) is 46.0 Å². The number of aliphatic hydroxyl groups excluding tert-OH is 1. The van der Waals surface area contributed by atoms with Crippen molar-refractivity contribution in [2.75, 3.05) is 6.54 Å². The molecule has 1 aliphatic carbocycles. The second-order valence-electron chi connectivity index (χ2n) is 7.24. The fraction of sp³-hybridized carbons (Fsp3) is 0.429. The number of aromatic nitrogens is 2. The molecule has 5 heteroatoms. The molecule has 1 aromatic carbocycles. The van der Waals surface area contributed by atoms with Gasteiger partial charge in [-0.15, -0.1) is 0 Å². The molecule has 0 radical (unpaired) electrons. The molecule has 136 valence electrons. The lowest BCUT2D eigenvalue weighted by Gasteiger charge is -2.28. The first-order valence-corrected chi connectivity index (χ1v) is 9.43. The van der Waals surface area contributed by atoms with Crippen LogP contribution in [0.4, 0.5) is 0 Å². The molecule has 0 spiro atoms. The van der Waals surface area contributed by atoms with Crippen molar-refractivity contribution in [1.29, 1.82) is 0 Å². The number of fused-ring (bicyclic) bond motifs is 1. The Balaban J connectivity index is 1.41. The van der Waals surface area contributed by atoms with Gasteiger partial charge in [0, 0.05) is 19.4 Å². The molecule has 2 aromatic rings. The summed E-state index contributed by atoms with van der Waals surface area (Å²) in [6.45, 7) is 1.96. The number of aliphatic hydroxyl groups is 1. The zero-order chi connectivity index (χ0) is 17.9. The lowest BCUT2D eigenvalue weighted by molar-refractivity contribution is -0.132. The van der Waals surface area contributed by atoms with Gasteiger partial charge in [-0.1, -0.05) is 42.0 Å². The molecule has 1 amide bonds. The van der Waals surface area contributed by atoms with Crippen LogP contribution in [0.2, 0.25) is 0 Å². The van der Waals surface area contributed by atoms with Crippen molar-refractivity contribution in [2.24, 2.45) is 0 Å². The minimum Gasteiger partial charge on any atom is -0.386 e. The molecule has 0 saturated heterocycles. The smallest absolute Gasteiger partial charge is 0.227 e. The fourth-order valence-corrected chi connectivity index (χ4v) is 3.81. The predicted molar refractivity (Wildman–Crippen MR) is 99.3 cm³/mol. The highest BCUT2D eigenvalue weighted by Crippen LogP contribution is 2.24. The van der Waals surface area contributed by atoms with Crippen LogP contribution in [0.3, 0.4) is 0 Å². The summed E-state index contributed by atoms with van der Waals surface area (Å²) in [6.07, 6.45) is 6.04. The number of hydrogen-bond donors (Lipinski definition) is 1. The van der Waals surface area contributed by atoms with Crippen molar-refractivity contribution in [1.82, 2.24) is 14.7 Å². The van der Waals surface area contributed by atoms with E-state index in [9.17, 15) is 9.90 Å². The summed E-state index contributed by atoms with van der Waals surface area (Å²) in [5.74, 6) is 0.206. The van der Waals surface area contributed by atoms with Crippen LogP contribution >= 0.6 is 0 Å². The first-order valence-electron chi connectivity index (χ1n) is 9.43. The third kappa shape index (κ3) is 3.73. The van der Waals surface area contributed by atoms with Crippen molar-refractivity contribution in [3.8, 4) is 0 Å². The highest BCUT2D eigenvalue weighted by atomic mass is 16.3. The largest absolute Gasteiger partial charge is 0.386 e. The molecule has 0 fully saturated rings. The third-order valence-corrected chi connectivity index (χ3v) is 5.30. The van der Waals surface area contributed by atoms with Gasteiger partial charge in [0.15, 0.2) is 0 Å². The maximum atomic E-state index is 12.6. The van der Waals surface area contributed by atoms with Gasteiger partial charge in [-0.3, -0.25) is 9.48 Å². The molecule has 0 saturated carbocycles. The number of rotatable bonds is 5. The van der Waals surface area contributed by atoms with Crippen LogP contribution in [-0.4, -0.2) is 32.2 Å². The van der Waals surface area contributed by atoms with Crippen LogP contribution in [0.15, 0.2) is 48.0 Å². The summed E-state index contributed by atoms with van der Waals surface area (Å²) in [5, 5.41) is 15.1. The van der Waals surface area contributed by atoms with Gasteiger partial charge in [0.05, 0.1) is 24.5 Å². The van der Waals surface area contributed by atoms with Gasteiger partial charge in [0.25, 0.3) is 0 Å². The predicted octanol–water partition coefficient (Wildman–Crippen LogP) is 3.00. The molecule has 2 heterocycles. The number of nitrogens with zero attached hydrogens (tertiary/aromatic N) is 3. The second kappa shape index (κ2) is 7.46. The van der Waals surface area contributed by atoms with Crippen molar-refractivity contribution >= 4 is 5.91 Å². The van der Waals surface area contributed by atoms with Crippen molar-refractivity contribution in [3.63, 3.8) is 0 Å². The second-order valence-corrected chi connectivity index (χ2v) is 7.24. The van der Waals surface area contributed by atoms with Crippen LogP contribution in [0.1, 0.15) is 48.7 Å². The van der Waals surface area contributed by atoms with Gasteiger partial charge in [0.2, 0.25) is 5.91 Å². The van der Waals surface area contributed by atoms with Gasteiger partial charge in [-0.25, -0.2) is 0 Å². The summed E-state index contributed by atoms with van der Waals surface area (Å²) in [4.78, 5) is 14.5. The number of amides is 1. The van der Waals surface area contributed by atoms with Crippen LogP contribution in [0.5, 0.6) is 0 Å². The number of carbonyl (C=O) groups is 1. The Morgan fingerprint density at radius 2 is 2.08 bits per heavy atom. The first-order chi connectivity index (χ1) is 12.7. The van der Waals surface area contributed by atoms with Gasteiger partial charge in [0.1, 0.15) is 6.10 Å². The number of allylic oxidation sites excluding steroid dienone is 1. The van der Waals surface area contributed by atoms with Crippen LogP contribution < -0.4 is 0 Å². The molecule has 2 aliphatic rings. The Labute approximate surface area is 153 Å². The average Bonchev–Trinajstić information content (AvgIpc) is 3.31. The van der Waals surface area contributed by atoms with Crippen LogP contribution in [0.25, 0.3) is 0 Å². The summed E-state index contributed by atoms with van der Waals surface area (Å²) < 4.78 is 1.93. The summed E-state index contributed by atoms with van der Waals surface area (Å²) >= 11 is 0. The third-order valence-electron chi connectivity index (χ3n) is 5.30. The lowest BCUT2D eigenvalue weighted by Crippen LogP contribution is -2.38. The Kier molecular flexibility index (Phi) is 4.89. The number of hydrogen-bond acceptors (Lipinski definition) is 3. The molecule has 1 N–H and O–H groups in total. The minimum atomic E-state index is -0.622. The quantitative estimate of drug-likeness (QED) is 0.843. The maximum absolute atomic E-state index is 12.6. The van der Waals surface area contributed by atoms with Gasteiger partial charge >= 0.3 is 0 Å². The summed E-state index contributed by atoms with van der Waals surface area (Å²) in [6, 6.07) is 11.9. The lowest BCUT2D eigenvalue weighted by atomic mass is 10.1. The van der Waals surface area contributed by atoms with E-state index in [1.165, 1.54) is 12.0 Å². The molecule has 1 aliphatic heterocycles. The fourth-order valence-electron chi connectivity index (χ4n) is 3.81. The normalized spacial score (nSPS) is 17.7. The van der Waals surface area contributed by atoms with E-state index in [1.54, 1.807) is 0 Å². The van der Waals surface area contributed by atoms with E-state index in [4.69, 9.17) is 0 Å². The monoisotopic (exact) mass is 351 g/mol. The zero-order valence-electron chi connectivity index (χ0n) is 15.0. The van der Waals surface area contributed by atoms with E-state index in [2.05, 4.69) is 11.2 Å². The Morgan fingerprint density at radius 3 is 2.85 bits per heavy atom. The molecular formula is C21H25N3O2. The standard InChI is InChI=1S/C21H25N3O2/c25-20(12-16-6-2-1-3-7-16)19-14-18-15-23(10-11-24(18)22-19)21(26)13-17-8-4-5-9-17/h1-3,6-8,14,20,25H,4-5,9-13,15H2. The summed E-state index contributed by atoms with van der Waals surface area (Å²) in [7, 11) is 0. The molecule has 1 unspecified atom stereocenters. The maximum Gasteiger partial charge on any atom is 0.227 e. The average molecular weight is 351 g/mol. The highest BCUT2D eigenvalue weighted by molar-refractivity contribution is 5.78. The Bertz CT molecular complexity index is 810. The zero-order valence-corrected chi connectivity index (χ0v) is 15.0. The molecule has 0 bridgehead atoms. The van der Waals surface area contributed by atoms with E-state index >= 15 is 0 Å². The SMILES string of the molecule is O=C(CC1=CCCC1)N1CCn2nc(C(O)Cc3ccccc3)cc2C1. The Hall–Kier alpha value is -2.40. The number of benzene rings is 1. The molecule has 4 rings (SSSR count). The van der Waals surface area contributed by atoms with E-state index in [0.29, 0.717) is 38.2 Å². The molecule has 1 atom stereocenters. The molecular weight excluding hydrogens is 326 g/mol.